The molecule has 3 rings (SSSR count). The van der Waals surface area contributed by atoms with Crippen molar-refractivity contribution in [1.29, 1.82) is 0 Å². The van der Waals surface area contributed by atoms with Gasteiger partial charge < -0.3 is 15.1 Å². The highest BCUT2D eigenvalue weighted by atomic mass is 15.2. The summed E-state index contributed by atoms with van der Waals surface area (Å²) in [4.78, 5) is 4.85. The van der Waals surface area contributed by atoms with Crippen molar-refractivity contribution in [2.24, 2.45) is 5.92 Å². The van der Waals surface area contributed by atoms with Crippen LogP contribution < -0.4 is 5.32 Å². The molecule has 0 saturated carbocycles. The number of likely N-dealkylation sites (N-methyl/N-ethyl adjacent to an activating group) is 1. The fourth-order valence-electron chi connectivity index (χ4n) is 2.67. The second kappa shape index (κ2) is 4.60. The summed E-state index contributed by atoms with van der Waals surface area (Å²) in [6, 6.07) is 0.775. The first kappa shape index (κ1) is 10.4. The van der Waals surface area contributed by atoms with Crippen molar-refractivity contribution in [3.8, 4) is 0 Å². The number of hydrogen-bond acceptors (Lipinski definition) is 3. The van der Waals surface area contributed by atoms with E-state index in [0.717, 1.165) is 25.0 Å². The van der Waals surface area contributed by atoms with Crippen LogP contribution in [-0.4, -0.2) is 62.7 Å². The van der Waals surface area contributed by atoms with E-state index >= 15 is 0 Å². The Bertz CT molecular complexity index is 173. The molecule has 0 aromatic carbocycles. The molecule has 1 N–H and O–H groups in total. The maximum atomic E-state index is 3.70. The molecule has 3 heteroatoms. The first-order valence-corrected chi connectivity index (χ1v) is 5.86. The van der Waals surface area contributed by atoms with Gasteiger partial charge in [0.2, 0.25) is 0 Å². The molecule has 3 fully saturated rings. The van der Waals surface area contributed by atoms with Gasteiger partial charge in [-0.2, -0.15) is 0 Å². The zero-order valence-electron chi connectivity index (χ0n) is 9.50. The quantitative estimate of drug-likeness (QED) is 0.696. The van der Waals surface area contributed by atoms with E-state index in [4.69, 9.17) is 0 Å². The van der Waals surface area contributed by atoms with Crippen LogP contribution in [0, 0.1) is 5.92 Å². The summed E-state index contributed by atoms with van der Waals surface area (Å²) in [5.74, 6) is 0.960. The number of rotatable bonds is 4. The second-order valence-electron chi connectivity index (χ2n) is 5.00. The predicted octanol–water partition coefficient (Wildman–Crippen LogP) is 0.232. The third kappa shape index (κ3) is 2.47. The summed E-state index contributed by atoms with van der Waals surface area (Å²) >= 11 is 0. The van der Waals surface area contributed by atoms with Crippen LogP contribution in [0.15, 0.2) is 0 Å². The molecule has 0 aromatic rings. The van der Waals surface area contributed by atoms with Crippen molar-refractivity contribution in [3.05, 3.63) is 0 Å². The van der Waals surface area contributed by atoms with E-state index < -0.39 is 0 Å². The molecule has 3 aliphatic rings. The molecule has 2 bridgehead atoms. The second-order valence-corrected chi connectivity index (χ2v) is 5.00. The Balaban J connectivity index is 1.71. The molecule has 82 valence electrons. The number of nitrogens with one attached hydrogen (secondary N) is 1. The SMILES string of the molecule is CN(C)CCN[C@H]1CN2CCC1CC2. The third-order valence-corrected chi connectivity index (χ3v) is 3.62. The van der Waals surface area contributed by atoms with Gasteiger partial charge in [0, 0.05) is 25.7 Å². The minimum atomic E-state index is 0.775. The molecule has 3 nitrogen and oxygen atoms in total. The van der Waals surface area contributed by atoms with Gasteiger partial charge in [-0.1, -0.05) is 0 Å². The lowest BCUT2D eigenvalue weighted by Crippen LogP contribution is -2.56. The van der Waals surface area contributed by atoms with E-state index in [1.54, 1.807) is 0 Å². The molecule has 0 spiro atoms. The lowest BCUT2D eigenvalue weighted by molar-refractivity contribution is 0.0721. The zero-order chi connectivity index (χ0) is 9.97. The fourth-order valence-corrected chi connectivity index (χ4v) is 2.67. The normalized spacial score (nSPS) is 36.6. The van der Waals surface area contributed by atoms with Gasteiger partial charge in [0.15, 0.2) is 0 Å². The van der Waals surface area contributed by atoms with Crippen molar-refractivity contribution in [2.75, 3.05) is 46.8 Å². The molecule has 0 radical (unpaired) electrons. The Morgan fingerprint density at radius 2 is 2.00 bits per heavy atom. The van der Waals surface area contributed by atoms with Crippen LogP contribution in [0.25, 0.3) is 0 Å². The highest BCUT2D eigenvalue weighted by molar-refractivity contribution is 4.90. The molecule has 0 amide bonds. The van der Waals surface area contributed by atoms with Crippen molar-refractivity contribution in [2.45, 2.75) is 18.9 Å². The summed E-state index contributed by atoms with van der Waals surface area (Å²) in [5.41, 5.74) is 0. The number of fused-ring (bicyclic) bond motifs is 3. The van der Waals surface area contributed by atoms with Crippen LogP contribution in [0.5, 0.6) is 0 Å². The van der Waals surface area contributed by atoms with E-state index in [9.17, 15) is 0 Å². The molecule has 0 unspecified atom stereocenters. The van der Waals surface area contributed by atoms with E-state index in [0.29, 0.717) is 0 Å². The topological polar surface area (TPSA) is 18.5 Å². The van der Waals surface area contributed by atoms with Gasteiger partial charge in [0.05, 0.1) is 0 Å². The smallest absolute Gasteiger partial charge is 0.0224 e. The Hall–Kier alpha value is -0.120. The lowest BCUT2D eigenvalue weighted by atomic mass is 9.84. The predicted molar refractivity (Wildman–Crippen MR) is 59.5 cm³/mol. The van der Waals surface area contributed by atoms with Crippen LogP contribution in [0.2, 0.25) is 0 Å². The molecule has 3 aliphatic heterocycles. The van der Waals surface area contributed by atoms with Crippen molar-refractivity contribution in [1.82, 2.24) is 15.1 Å². The largest absolute Gasteiger partial charge is 0.311 e. The average molecular weight is 197 g/mol. The van der Waals surface area contributed by atoms with E-state index in [1.807, 2.05) is 0 Å². The highest BCUT2D eigenvalue weighted by Gasteiger charge is 2.33. The number of piperidine rings is 3. The monoisotopic (exact) mass is 197 g/mol. The van der Waals surface area contributed by atoms with Gasteiger partial charge in [-0.15, -0.1) is 0 Å². The lowest BCUT2D eigenvalue weighted by Gasteiger charge is -2.45. The number of hydrogen-bond donors (Lipinski definition) is 1. The van der Waals surface area contributed by atoms with Crippen LogP contribution in [0.3, 0.4) is 0 Å². The maximum absolute atomic E-state index is 3.70. The van der Waals surface area contributed by atoms with Gasteiger partial charge in [-0.25, -0.2) is 0 Å². The van der Waals surface area contributed by atoms with Crippen LogP contribution in [0.1, 0.15) is 12.8 Å². The van der Waals surface area contributed by atoms with Gasteiger partial charge in [-0.05, 0) is 45.9 Å². The first-order chi connectivity index (χ1) is 6.75. The average Bonchev–Trinajstić information content (AvgIpc) is 2.19. The zero-order valence-corrected chi connectivity index (χ0v) is 9.50. The van der Waals surface area contributed by atoms with Crippen LogP contribution >= 0.6 is 0 Å². The van der Waals surface area contributed by atoms with E-state index in [1.165, 1.54) is 32.5 Å². The summed E-state index contributed by atoms with van der Waals surface area (Å²) in [6.45, 7) is 6.27. The van der Waals surface area contributed by atoms with Gasteiger partial charge >= 0.3 is 0 Å². The Labute approximate surface area is 87.4 Å². The molecular formula is C11H23N3. The molecule has 3 heterocycles. The Kier molecular flexibility index (Phi) is 3.42. The standard InChI is InChI=1S/C11H23N3/c1-13(2)8-5-12-11-9-14-6-3-10(11)4-7-14/h10-12H,3-9H2,1-2H3/t11-/m0/s1. The van der Waals surface area contributed by atoms with Crippen molar-refractivity contribution < 1.29 is 0 Å². The minimum Gasteiger partial charge on any atom is -0.311 e. The van der Waals surface area contributed by atoms with Crippen LogP contribution in [-0.2, 0) is 0 Å². The molecule has 1 atom stereocenters. The molecule has 0 aliphatic carbocycles. The number of nitrogens with zero attached hydrogens (tertiary/aromatic N) is 2. The molecule has 0 aromatic heterocycles. The summed E-state index contributed by atoms with van der Waals surface area (Å²) < 4.78 is 0. The van der Waals surface area contributed by atoms with Gasteiger partial charge in [-0.3, -0.25) is 0 Å². The van der Waals surface area contributed by atoms with Gasteiger partial charge in [0.25, 0.3) is 0 Å². The van der Waals surface area contributed by atoms with E-state index in [-0.39, 0.29) is 0 Å². The molecule has 14 heavy (non-hydrogen) atoms. The summed E-state index contributed by atoms with van der Waals surface area (Å²) in [6.07, 6.45) is 2.83. The maximum Gasteiger partial charge on any atom is 0.0224 e. The summed E-state index contributed by atoms with van der Waals surface area (Å²) in [5, 5.41) is 3.70. The minimum absolute atomic E-state index is 0.775. The first-order valence-electron chi connectivity index (χ1n) is 5.86. The van der Waals surface area contributed by atoms with Gasteiger partial charge in [0.1, 0.15) is 0 Å². The van der Waals surface area contributed by atoms with Crippen molar-refractivity contribution >= 4 is 0 Å². The van der Waals surface area contributed by atoms with E-state index in [2.05, 4.69) is 29.2 Å². The highest BCUT2D eigenvalue weighted by Crippen LogP contribution is 2.27. The fraction of sp³-hybridized carbons (Fsp3) is 1.00. The molecule has 3 saturated heterocycles. The summed E-state index contributed by atoms with van der Waals surface area (Å²) in [7, 11) is 4.27. The third-order valence-electron chi connectivity index (χ3n) is 3.62. The van der Waals surface area contributed by atoms with Crippen molar-refractivity contribution in [3.63, 3.8) is 0 Å². The van der Waals surface area contributed by atoms with Crippen LogP contribution in [0.4, 0.5) is 0 Å². The Morgan fingerprint density at radius 3 is 2.50 bits per heavy atom. The Morgan fingerprint density at radius 1 is 1.29 bits per heavy atom. The molecular weight excluding hydrogens is 174 g/mol.